The number of carbonyl (C=O) groups excluding carboxylic acids is 1. The van der Waals surface area contributed by atoms with E-state index in [1.807, 2.05) is 6.92 Å². The van der Waals surface area contributed by atoms with E-state index < -0.39 is 0 Å². The first-order valence-corrected chi connectivity index (χ1v) is 5.58. The Morgan fingerprint density at radius 3 is 2.67 bits per heavy atom. The summed E-state index contributed by atoms with van der Waals surface area (Å²) in [5, 5.41) is 0.297. The molecule has 0 aromatic heterocycles. The zero-order chi connectivity index (χ0) is 9.40. The molecule has 0 aromatic carbocycles. The highest BCUT2D eigenvalue weighted by Crippen LogP contribution is 2.06. The van der Waals surface area contributed by atoms with Gasteiger partial charge in [-0.25, -0.2) is 0 Å². The van der Waals surface area contributed by atoms with Gasteiger partial charge in [0.1, 0.15) is 5.33 Å². The second-order valence-corrected chi connectivity index (χ2v) is 3.49. The summed E-state index contributed by atoms with van der Waals surface area (Å²) in [4.78, 5) is 10.8. The molecule has 0 heterocycles. The van der Waals surface area contributed by atoms with Crippen molar-refractivity contribution in [1.82, 2.24) is 0 Å². The first-order chi connectivity index (χ1) is 5.70. The van der Waals surface area contributed by atoms with Crippen LogP contribution >= 0.6 is 15.9 Å². The summed E-state index contributed by atoms with van der Waals surface area (Å²) < 4.78 is 5.06. The van der Waals surface area contributed by atoms with E-state index in [0.29, 0.717) is 5.33 Å². The average Bonchev–Trinajstić information content (AvgIpc) is 2.05. The van der Waals surface area contributed by atoms with Crippen LogP contribution in [0.4, 0.5) is 0 Å². The largest absolute Gasteiger partial charge is 0.462 e. The quantitative estimate of drug-likeness (QED) is 0.403. The fraction of sp³-hybridized carbons (Fsp3) is 0.889. The monoisotopic (exact) mass is 236 g/mol. The van der Waals surface area contributed by atoms with E-state index in [4.69, 9.17) is 4.74 Å². The van der Waals surface area contributed by atoms with Crippen LogP contribution in [0.1, 0.15) is 39.5 Å². The van der Waals surface area contributed by atoms with E-state index in [1.165, 1.54) is 12.8 Å². The molecule has 2 nitrogen and oxygen atoms in total. The number of ether oxygens (including phenoxy) is 1. The Balaban J connectivity index is 3.32. The summed E-state index contributed by atoms with van der Waals surface area (Å²) in [5.41, 5.74) is 0. The van der Waals surface area contributed by atoms with Crippen LogP contribution in [0.2, 0.25) is 0 Å². The van der Waals surface area contributed by atoms with E-state index in [-0.39, 0.29) is 12.1 Å². The number of unbranched alkanes of at least 4 members (excludes halogenated alkanes) is 2. The smallest absolute Gasteiger partial charge is 0.316 e. The van der Waals surface area contributed by atoms with Crippen molar-refractivity contribution in [3.63, 3.8) is 0 Å². The van der Waals surface area contributed by atoms with Crippen molar-refractivity contribution in [3.8, 4) is 0 Å². The molecule has 0 amide bonds. The Bertz CT molecular complexity index is 126. The fourth-order valence-electron chi connectivity index (χ4n) is 0.997. The van der Waals surface area contributed by atoms with Crippen LogP contribution in [0.3, 0.4) is 0 Å². The summed E-state index contributed by atoms with van der Waals surface area (Å²) in [6.07, 6.45) is 4.62. The number of hydrogen-bond donors (Lipinski definition) is 0. The molecule has 0 rings (SSSR count). The predicted octanol–water partition coefficient (Wildman–Crippen LogP) is 2.89. The maximum Gasteiger partial charge on any atom is 0.316 e. The van der Waals surface area contributed by atoms with Gasteiger partial charge >= 0.3 is 5.97 Å². The highest BCUT2D eigenvalue weighted by molar-refractivity contribution is 9.09. The Labute approximate surface area is 82.8 Å². The molecule has 0 fully saturated rings. The molecule has 0 aromatic rings. The maximum atomic E-state index is 10.8. The molecule has 0 radical (unpaired) electrons. The molecule has 12 heavy (non-hydrogen) atoms. The first-order valence-electron chi connectivity index (χ1n) is 4.46. The molecule has 1 atom stereocenters. The fourth-order valence-corrected chi connectivity index (χ4v) is 1.13. The molecular formula is C9H17BrO2. The van der Waals surface area contributed by atoms with E-state index in [9.17, 15) is 4.79 Å². The minimum atomic E-state index is -0.168. The summed E-state index contributed by atoms with van der Waals surface area (Å²) in [6, 6.07) is 0. The minimum absolute atomic E-state index is 0.0709. The Morgan fingerprint density at radius 1 is 1.50 bits per heavy atom. The summed E-state index contributed by atoms with van der Waals surface area (Å²) >= 11 is 3.05. The van der Waals surface area contributed by atoms with Gasteiger partial charge in [-0.05, 0) is 19.8 Å². The van der Waals surface area contributed by atoms with Crippen molar-refractivity contribution in [3.05, 3.63) is 0 Å². The van der Waals surface area contributed by atoms with Gasteiger partial charge in [-0.15, -0.1) is 0 Å². The molecule has 3 heteroatoms. The lowest BCUT2D eigenvalue weighted by atomic mass is 10.1. The van der Waals surface area contributed by atoms with Crippen LogP contribution in [-0.2, 0) is 9.53 Å². The second kappa shape index (κ2) is 7.59. The van der Waals surface area contributed by atoms with Gasteiger partial charge in [-0.1, -0.05) is 35.7 Å². The van der Waals surface area contributed by atoms with Gasteiger partial charge in [0.25, 0.3) is 0 Å². The average molecular weight is 237 g/mol. The zero-order valence-corrected chi connectivity index (χ0v) is 9.39. The number of carbonyl (C=O) groups is 1. The van der Waals surface area contributed by atoms with Crippen molar-refractivity contribution >= 4 is 21.9 Å². The third kappa shape index (κ3) is 6.65. The molecule has 0 aliphatic heterocycles. The van der Waals surface area contributed by atoms with Crippen molar-refractivity contribution in [2.24, 2.45) is 0 Å². The highest BCUT2D eigenvalue weighted by atomic mass is 79.9. The van der Waals surface area contributed by atoms with Gasteiger partial charge < -0.3 is 4.74 Å². The van der Waals surface area contributed by atoms with Crippen molar-refractivity contribution in [1.29, 1.82) is 0 Å². The summed E-state index contributed by atoms with van der Waals surface area (Å²) in [7, 11) is 0. The lowest BCUT2D eigenvalue weighted by molar-refractivity contribution is -0.145. The Morgan fingerprint density at radius 2 is 2.17 bits per heavy atom. The van der Waals surface area contributed by atoms with Gasteiger partial charge in [0.2, 0.25) is 0 Å². The third-order valence-electron chi connectivity index (χ3n) is 1.66. The van der Waals surface area contributed by atoms with Gasteiger partial charge in [-0.2, -0.15) is 0 Å². The van der Waals surface area contributed by atoms with Crippen LogP contribution < -0.4 is 0 Å². The molecule has 0 spiro atoms. The summed E-state index contributed by atoms with van der Waals surface area (Å²) in [6.45, 7) is 4.10. The molecule has 72 valence electrons. The molecule has 0 N–H and O–H groups in total. The molecule has 0 bridgehead atoms. The van der Waals surface area contributed by atoms with E-state index in [2.05, 4.69) is 22.9 Å². The molecule has 0 aliphatic carbocycles. The number of alkyl halides is 1. The lowest BCUT2D eigenvalue weighted by Gasteiger charge is -2.11. The van der Waals surface area contributed by atoms with Crippen LogP contribution in [0.15, 0.2) is 0 Å². The number of hydrogen-bond acceptors (Lipinski definition) is 2. The lowest BCUT2D eigenvalue weighted by Crippen LogP contribution is -2.15. The Kier molecular flexibility index (Phi) is 7.56. The second-order valence-electron chi connectivity index (χ2n) is 2.93. The molecule has 0 aliphatic rings. The standard InChI is InChI=1S/C9H17BrO2/c1-3-4-5-6-8(2)12-9(11)7-10/h8H,3-7H2,1-2H3/t8-/m0/s1. The van der Waals surface area contributed by atoms with Gasteiger partial charge in [0.05, 0.1) is 6.10 Å². The van der Waals surface area contributed by atoms with Gasteiger partial charge in [0, 0.05) is 0 Å². The van der Waals surface area contributed by atoms with Gasteiger partial charge in [-0.3, -0.25) is 4.79 Å². The summed E-state index contributed by atoms with van der Waals surface area (Å²) in [5.74, 6) is -0.168. The zero-order valence-electron chi connectivity index (χ0n) is 7.81. The maximum absolute atomic E-state index is 10.8. The Hall–Kier alpha value is -0.0500. The van der Waals surface area contributed by atoms with Crippen molar-refractivity contribution < 1.29 is 9.53 Å². The SMILES string of the molecule is CCCCC[C@H](C)OC(=O)CBr. The highest BCUT2D eigenvalue weighted by Gasteiger charge is 2.06. The molecular weight excluding hydrogens is 220 g/mol. The van der Waals surface area contributed by atoms with Crippen molar-refractivity contribution in [2.75, 3.05) is 5.33 Å². The van der Waals surface area contributed by atoms with Crippen LogP contribution in [-0.4, -0.2) is 17.4 Å². The number of esters is 1. The molecule has 0 unspecified atom stereocenters. The normalized spacial score (nSPS) is 12.6. The van der Waals surface area contributed by atoms with Crippen molar-refractivity contribution in [2.45, 2.75) is 45.6 Å². The van der Waals surface area contributed by atoms with E-state index in [1.54, 1.807) is 0 Å². The number of halogens is 1. The van der Waals surface area contributed by atoms with Gasteiger partial charge in [0.15, 0.2) is 0 Å². The molecule has 0 saturated heterocycles. The van der Waals surface area contributed by atoms with Crippen LogP contribution in [0.25, 0.3) is 0 Å². The number of rotatable bonds is 6. The third-order valence-corrected chi connectivity index (χ3v) is 2.11. The molecule has 0 saturated carbocycles. The van der Waals surface area contributed by atoms with E-state index >= 15 is 0 Å². The topological polar surface area (TPSA) is 26.3 Å². The predicted molar refractivity (Wildman–Crippen MR) is 53.5 cm³/mol. The van der Waals surface area contributed by atoms with Crippen LogP contribution in [0, 0.1) is 0 Å². The van der Waals surface area contributed by atoms with E-state index in [0.717, 1.165) is 12.8 Å². The minimum Gasteiger partial charge on any atom is -0.462 e. The van der Waals surface area contributed by atoms with Crippen LogP contribution in [0.5, 0.6) is 0 Å². The first kappa shape index (κ1) is 11.9.